The van der Waals surface area contributed by atoms with Gasteiger partial charge in [0.25, 0.3) is 5.56 Å². The summed E-state index contributed by atoms with van der Waals surface area (Å²) >= 11 is 0. The quantitative estimate of drug-likeness (QED) is 0.633. The van der Waals surface area contributed by atoms with Crippen LogP contribution in [0.15, 0.2) is 33.9 Å². The molecule has 0 saturated carbocycles. The van der Waals surface area contributed by atoms with Crippen molar-refractivity contribution in [1.29, 1.82) is 0 Å². The van der Waals surface area contributed by atoms with Crippen LogP contribution in [0.1, 0.15) is 17.3 Å². The van der Waals surface area contributed by atoms with Crippen molar-refractivity contribution in [2.45, 2.75) is 13.5 Å². The number of carbonyl (C=O) groups is 1. The van der Waals surface area contributed by atoms with Gasteiger partial charge < -0.3 is 14.2 Å². The average Bonchev–Trinajstić information content (AvgIpc) is 3.24. The maximum absolute atomic E-state index is 12.6. The highest BCUT2D eigenvalue weighted by Gasteiger charge is 2.28. The highest BCUT2D eigenvalue weighted by atomic mass is 16.5. The van der Waals surface area contributed by atoms with E-state index in [2.05, 4.69) is 4.98 Å². The SMILES string of the molecule is CCOC(=O)c1ccc(N2CCn3c2nc2c3c(=O)n(C)c(=O)n2C)cc1. The van der Waals surface area contributed by atoms with Gasteiger partial charge in [-0.2, -0.15) is 4.98 Å². The van der Waals surface area contributed by atoms with E-state index in [9.17, 15) is 14.4 Å². The molecule has 3 heterocycles. The van der Waals surface area contributed by atoms with Crippen molar-refractivity contribution in [2.24, 2.45) is 14.1 Å². The molecular weight excluding hydrogens is 350 g/mol. The number of ether oxygens (including phenoxy) is 1. The molecule has 27 heavy (non-hydrogen) atoms. The number of aromatic nitrogens is 4. The molecule has 140 valence electrons. The zero-order chi connectivity index (χ0) is 19.3. The molecule has 0 atom stereocenters. The third-order valence-electron chi connectivity index (χ3n) is 4.81. The van der Waals surface area contributed by atoms with Crippen LogP contribution in [0.4, 0.5) is 11.6 Å². The van der Waals surface area contributed by atoms with Crippen molar-refractivity contribution < 1.29 is 9.53 Å². The monoisotopic (exact) mass is 369 g/mol. The molecule has 0 bridgehead atoms. The molecule has 0 N–H and O–H groups in total. The number of fused-ring (bicyclic) bond motifs is 3. The summed E-state index contributed by atoms with van der Waals surface area (Å²) < 4.78 is 9.30. The smallest absolute Gasteiger partial charge is 0.338 e. The van der Waals surface area contributed by atoms with Gasteiger partial charge in [0.05, 0.1) is 12.2 Å². The Hall–Kier alpha value is -3.36. The molecule has 9 nitrogen and oxygen atoms in total. The summed E-state index contributed by atoms with van der Waals surface area (Å²) in [6.07, 6.45) is 0. The molecule has 0 spiro atoms. The van der Waals surface area contributed by atoms with Crippen molar-refractivity contribution in [3.63, 3.8) is 0 Å². The Labute approximate surface area is 154 Å². The Kier molecular flexibility index (Phi) is 3.87. The molecule has 0 radical (unpaired) electrons. The lowest BCUT2D eigenvalue weighted by atomic mass is 10.2. The minimum absolute atomic E-state index is 0.324. The first-order valence-electron chi connectivity index (χ1n) is 8.65. The predicted molar refractivity (Wildman–Crippen MR) is 99.6 cm³/mol. The van der Waals surface area contributed by atoms with Gasteiger partial charge >= 0.3 is 11.7 Å². The fourth-order valence-electron chi connectivity index (χ4n) is 3.39. The summed E-state index contributed by atoms with van der Waals surface area (Å²) in [4.78, 5) is 43.0. The number of rotatable bonds is 3. The van der Waals surface area contributed by atoms with E-state index in [0.717, 1.165) is 10.3 Å². The Morgan fingerprint density at radius 1 is 1.11 bits per heavy atom. The van der Waals surface area contributed by atoms with Crippen LogP contribution in [-0.4, -0.2) is 37.8 Å². The number of benzene rings is 1. The zero-order valence-corrected chi connectivity index (χ0v) is 15.3. The molecule has 0 amide bonds. The van der Waals surface area contributed by atoms with Gasteiger partial charge in [-0.1, -0.05) is 0 Å². The van der Waals surface area contributed by atoms with E-state index in [1.807, 2.05) is 21.6 Å². The second kappa shape index (κ2) is 6.11. The Bertz CT molecular complexity index is 1170. The number of nitrogens with zero attached hydrogens (tertiary/aromatic N) is 5. The van der Waals surface area contributed by atoms with Crippen molar-refractivity contribution in [3.05, 3.63) is 50.7 Å². The first-order valence-corrected chi connectivity index (χ1v) is 8.65. The average molecular weight is 369 g/mol. The standard InChI is InChI=1S/C18H19N5O4/c1-4-27-16(25)11-5-7-12(8-6-11)22-9-10-23-13-14(19-17(22)23)20(2)18(26)21(3)15(13)24/h5-8H,4,9-10H2,1-3H3. The molecule has 4 rings (SSSR count). The number of hydrogen-bond donors (Lipinski definition) is 0. The lowest BCUT2D eigenvalue weighted by Crippen LogP contribution is -2.37. The molecule has 1 aliphatic heterocycles. The molecule has 0 fully saturated rings. The fraction of sp³-hybridized carbons (Fsp3) is 0.333. The highest BCUT2D eigenvalue weighted by Crippen LogP contribution is 2.31. The number of aryl methyl sites for hydroxylation is 1. The summed E-state index contributed by atoms with van der Waals surface area (Å²) in [5, 5.41) is 0. The van der Waals surface area contributed by atoms with Gasteiger partial charge in [0, 0.05) is 32.9 Å². The molecule has 0 unspecified atom stereocenters. The molecule has 0 aliphatic carbocycles. The van der Waals surface area contributed by atoms with Gasteiger partial charge in [0.1, 0.15) is 0 Å². The number of imidazole rings is 1. The third-order valence-corrected chi connectivity index (χ3v) is 4.81. The Balaban J connectivity index is 1.79. The number of carbonyl (C=O) groups excluding carboxylic acids is 1. The van der Waals surface area contributed by atoms with E-state index in [1.54, 1.807) is 26.1 Å². The third kappa shape index (κ3) is 2.46. The Morgan fingerprint density at radius 2 is 1.81 bits per heavy atom. The second-order valence-electron chi connectivity index (χ2n) is 6.36. The van der Waals surface area contributed by atoms with Gasteiger partial charge in [-0.05, 0) is 31.2 Å². The predicted octanol–water partition coefficient (Wildman–Crippen LogP) is 0.762. The van der Waals surface area contributed by atoms with Crippen molar-refractivity contribution >= 4 is 28.8 Å². The zero-order valence-electron chi connectivity index (χ0n) is 15.3. The summed E-state index contributed by atoms with van der Waals surface area (Å²) in [6, 6.07) is 7.04. The number of esters is 1. The molecule has 1 aliphatic rings. The molecule has 3 aromatic rings. The first kappa shape index (κ1) is 17.1. The molecular formula is C18H19N5O4. The van der Waals surface area contributed by atoms with E-state index >= 15 is 0 Å². The van der Waals surface area contributed by atoms with Crippen molar-refractivity contribution in [2.75, 3.05) is 18.1 Å². The van der Waals surface area contributed by atoms with E-state index in [-0.39, 0.29) is 11.5 Å². The molecule has 0 saturated heterocycles. The minimum Gasteiger partial charge on any atom is -0.462 e. The normalized spacial score (nSPS) is 13.2. The maximum atomic E-state index is 12.6. The van der Waals surface area contributed by atoms with E-state index in [4.69, 9.17) is 4.74 Å². The van der Waals surface area contributed by atoms with E-state index < -0.39 is 5.69 Å². The van der Waals surface area contributed by atoms with Gasteiger partial charge in [-0.25, -0.2) is 9.59 Å². The summed E-state index contributed by atoms with van der Waals surface area (Å²) in [5.74, 6) is 0.239. The van der Waals surface area contributed by atoms with Gasteiger partial charge in [0.15, 0.2) is 11.2 Å². The van der Waals surface area contributed by atoms with Gasteiger partial charge in [-0.3, -0.25) is 13.9 Å². The fourth-order valence-corrected chi connectivity index (χ4v) is 3.39. The van der Waals surface area contributed by atoms with Crippen LogP contribution in [0.25, 0.3) is 11.2 Å². The van der Waals surface area contributed by atoms with E-state index in [0.29, 0.717) is 42.4 Å². The first-order chi connectivity index (χ1) is 12.9. The summed E-state index contributed by atoms with van der Waals surface area (Å²) in [5.41, 5.74) is 1.34. The maximum Gasteiger partial charge on any atom is 0.338 e. The molecule has 1 aromatic carbocycles. The van der Waals surface area contributed by atoms with Gasteiger partial charge in [0.2, 0.25) is 5.95 Å². The number of hydrogen-bond acceptors (Lipinski definition) is 6. The van der Waals surface area contributed by atoms with Gasteiger partial charge in [-0.15, -0.1) is 0 Å². The second-order valence-corrected chi connectivity index (χ2v) is 6.36. The lowest BCUT2D eigenvalue weighted by Gasteiger charge is -2.16. The molecule has 9 heteroatoms. The van der Waals surface area contributed by atoms with Crippen molar-refractivity contribution in [3.8, 4) is 0 Å². The highest BCUT2D eigenvalue weighted by molar-refractivity contribution is 5.90. The largest absolute Gasteiger partial charge is 0.462 e. The van der Waals surface area contributed by atoms with Crippen LogP contribution in [-0.2, 0) is 25.4 Å². The van der Waals surface area contributed by atoms with E-state index in [1.165, 1.54) is 11.6 Å². The van der Waals surface area contributed by atoms with Crippen LogP contribution in [0, 0.1) is 0 Å². The lowest BCUT2D eigenvalue weighted by molar-refractivity contribution is 0.0526. The summed E-state index contributed by atoms with van der Waals surface area (Å²) in [6.45, 7) is 3.31. The van der Waals surface area contributed by atoms with Crippen LogP contribution < -0.4 is 16.1 Å². The van der Waals surface area contributed by atoms with Crippen LogP contribution in [0.3, 0.4) is 0 Å². The van der Waals surface area contributed by atoms with Crippen LogP contribution >= 0.6 is 0 Å². The summed E-state index contributed by atoms with van der Waals surface area (Å²) in [7, 11) is 3.07. The molecule has 2 aromatic heterocycles. The Morgan fingerprint density at radius 3 is 2.48 bits per heavy atom. The minimum atomic E-state index is -0.408. The van der Waals surface area contributed by atoms with Crippen LogP contribution in [0.5, 0.6) is 0 Å². The topological polar surface area (TPSA) is 91.4 Å². The van der Waals surface area contributed by atoms with Crippen LogP contribution in [0.2, 0.25) is 0 Å². The number of anilines is 2. The van der Waals surface area contributed by atoms with Crippen molar-refractivity contribution in [1.82, 2.24) is 18.7 Å².